The zero-order valence-electron chi connectivity index (χ0n) is 12.1. The molecule has 0 unspecified atom stereocenters. The van der Waals surface area contributed by atoms with Gasteiger partial charge in [-0.3, -0.25) is 0 Å². The van der Waals surface area contributed by atoms with Gasteiger partial charge in [0.2, 0.25) is 0 Å². The van der Waals surface area contributed by atoms with E-state index in [-0.39, 0.29) is 0 Å². The predicted octanol–water partition coefficient (Wildman–Crippen LogP) is 1.12. The van der Waals surface area contributed by atoms with Gasteiger partial charge in [0.15, 0.2) is 5.82 Å². The molecule has 1 aliphatic rings. The molecule has 1 N–H and O–H groups in total. The first-order valence-corrected chi connectivity index (χ1v) is 7.26. The number of hydrogen-bond donors (Lipinski definition) is 1. The van der Waals surface area contributed by atoms with Crippen LogP contribution in [0.3, 0.4) is 0 Å². The molecule has 106 valence electrons. The molecule has 0 atom stereocenters. The summed E-state index contributed by atoms with van der Waals surface area (Å²) in [5, 5.41) is 11.8. The van der Waals surface area contributed by atoms with Crippen LogP contribution in [0.2, 0.25) is 0 Å². The minimum atomic E-state index is 0.793. The Kier molecular flexibility index (Phi) is 5.54. The molecule has 0 aliphatic carbocycles. The van der Waals surface area contributed by atoms with Crippen LogP contribution >= 0.6 is 0 Å². The van der Waals surface area contributed by atoms with Crippen molar-refractivity contribution in [2.24, 2.45) is 0 Å². The second-order valence-corrected chi connectivity index (χ2v) is 5.13. The molecule has 0 spiro atoms. The Morgan fingerprint density at radius 2 is 2.05 bits per heavy atom. The highest BCUT2D eigenvalue weighted by atomic mass is 15.3. The minimum absolute atomic E-state index is 0.793. The molecule has 5 heteroatoms. The molecule has 19 heavy (non-hydrogen) atoms. The molecule has 5 nitrogen and oxygen atoms in total. The summed E-state index contributed by atoms with van der Waals surface area (Å²) in [7, 11) is 2.09. The molecule has 0 radical (unpaired) electrons. The van der Waals surface area contributed by atoms with Gasteiger partial charge in [-0.05, 0) is 44.6 Å². The van der Waals surface area contributed by atoms with Crippen LogP contribution in [-0.2, 0) is 6.54 Å². The van der Waals surface area contributed by atoms with E-state index in [2.05, 4.69) is 51.4 Å². The minimum Gasteiger partial charge on any atom is -0.357 e. The highest BCUT2D eigenvalue weighted by Crippen LogP contribution is 2.10. The topological polar surface area (TPSA) is 44.3 Å². The fraction of sp³-hybridized carbons (Fsp3) is 0.714. The maximum atomic E-state index is 4.29. The van der Waals surface area contributed by atoms with Gasteiger partial charge in [0.25, 0.3) is 0 Å². The third-order valence-corrected chi connectivity index (χ3v) is 3.60. The maximum Gasteiger partial charge on any atom is 0.151 e. The number of aromatic nitrogens is 2. The first-order valence-electron chi connectivity index (χ1n) is 7.26. The molecule has 1 saturated heterocycles. The lowest BCUT2D eigenvalue weighted by atomic mass is 10.3. The molecule has 1 aliphatic heterocycles. The third kappa shape index (κ3) is 4.44. The fourth-order valence-corrected chi connectivity index (χ4v) is 2.32. The monoisotopic (exact) mass is 263 g/mol. The number of anilines is 1. The number of likely N-dealkylation sites (N-methyl/N-ethyl adjacent to an activating group) is 1. The van der Waals surface area contributed by atoms with Crippen LogP contribution in [-0.4, -0.2) is 54.9 Å². The first-order chi connectivity index (χ1) is 9.29. The van der Waals surface area contributed by atoms with E-state index < -0.39 is 0 Å². The van der Waals surface area contributed by atoms with Crippen LogP contribution in [0.5, 0.6) is 0 Å². The molecule has 2 heterocycles. The largest absolute Gasteiger partial charge is 0.357 e. The normalized spacial score (nSPS) is 15.9. The number of nitrogens with one attached hydrogen (secondary N) is 1. The summed E-state index contributed by atoms with van der Waals surface area (Å²) in [6.07, 6.45) is 2.70. The predicted molar refractivity (Wildman–Crippen MR) is 78.4 cm³/mol. The van der Waals surface area contributed by atoms with Crippen molar-refractivity contribution in [3.63, 3.8) is 0 Å². The van der Waals surface area contributed by atoms with Gasteiger partial charge in [0.1, 0.15) is 0 Å². The summed E-state index contributed by atoms with van der Waals surface area (Å²) < 4.78 is 0. The summed E-state index contributed by atoms with van der Waals surface area (Å²) >= 11 is 0. The van der Waals surface area contributed by atoms with Crippen molar-refractivity contribution in [3.05, 3.63) is 17.8 Å². The van der Waals surface area contributed by atoms with Crippen molar-refractivity contribution in [3.8, 4) is 0 Å². The van der Waals surface area contributed by atoms with Gasteiger partial charge >= 0.3 is 0 Å². The maximum absolute atomic E-state index is 4.29. The van der Waals surface area contributed by atoms with Gasteiger partial charge in [-0.1, -0.05) is 6.92 Å². The summed E-state index contributed by atoms with van der Waals surface area (Å²) in [6.45, 7) is 8.48. The Morgan fingerprint density at radius 3 is 2.68 bits per heavy atom. The van der Waals surface area contributed by atoms with Crippen LogP contribution in [0, 0.1) is 0 Å². The summed E-state index contributed by atoms with van der Waals surface area (Å²) in [5.41, 5.74) is 0.999. The zero-order valence-corrected chi connectivity index (χ0v) is 12.1. The highest BCUT2D eigenvalue weighted by molar-refractivity contribution is 5.36. The summed E-state index contributed by atoms with van der Waals surface area (Å²) in [4.78, 5) is 4.70. The lowest BCUT2D eigenvalue weighted by molar-refractivity contribution is 0.346. The third-order valence-electron chi connectivity index (χ3n) is 3.60. The summed E-state index contributed by atoms with van der Waals surface area (Å²) in [5.74, 6) is 0.958. The van der Waals surface area contributed by atoms with Gasteiger partial charge in [0.05, 0.1) is 5.69 Å². The van der Waals surface area contributed by atoms with Crippen LogP contribution < -0.4 is 10.2 Å². The molecule has 1 fully saturated rings. The molecule has 0 bridgehead atoms. The summed E-state index contributed by atoms with van der Waals surface area (Å²) in [6, 6.07) is 4.11. The van der Waals surface area contributed by atoms with E-state index in [1.807, 2.05) is 0 Å². The average Bonchev–Trinajstić information content (AvgIpc) is 2.96. The van der Waals surface area contributed by atoms with Gasteiger partial charge in [0, 0.05) is 26.7 Å². The van der Waals surface area contributed by atoms with Gasteiger partial charge < -0.3 is 15.1 Å². The molecular formula is C14H25N5. The van der Waals surface area contributed by atoms with E-state index in [0.29, 0.717) is 0 Å². The van der Waals surface area contributed by atoms with E-state index in [1.54, 1.807) is 0 Å². The van der Waals surface area contributed by atoms with E-state index in [9.17, 15) is 0 Å². The quantitative estimate of drug-likeness (QED) is 0.798. The van der Waals surface area contributed by atoms with Crippen molar-refractivity contribution < 1.29 is 0 Å². The molecule has 2 rings (SSSR count). The lowest BCUT2D eigenvalue weighted by Crippen LogP contribution is -2.31. The highest BCUT2D eigenvalue weighted by Gasteiger charge is 2.12. The second-order valence-electron chi connectivity index (χ2n) is 5.13. The Balaban J connectivity index is 1.79. The number of hydrogen-bond acceptors (Lipinski definition) is 5. The molecule has 1 aromatic rings. The number of nitrogens with zero attached hydrogens (tertiary/aromatic N) is 4. The smallest absolute Gasteiger partial charge is 0.151 e. The fourth-order valence-electron chi connectivity index (χ4n) is 2.32. The van der Waals surface area contributed by atoms with Crippen LogP contribution in [0.15, 0.2) is 12.1 Å². The Bertz CT molecular complexity index is 359. The Labute approximate surface area is 116 Å². The SMILES string of the molecule is CCNCc1ccc(N(C)CCN2CCCC2)nn1. The van der Waals surface area contributed by atoms with Crippen molar-refractivity contribution in [2.45, 2.75) is 26.3 Å². The molecule has 1 aromatic heterocycles. The van der Waals surface area contributed by atoms with Gasteiger partial charge in [-0.15, -0.1) is 5.10 Å². The van der Waals surface area contributed by atoms with Crippen molar-refractivity contribution in [1.82, 2.24) is 20.4 Å². The van der Waals surface area contributed by atoms with Gasteiger partial charge in [-0.25, -0.2) is 0 Å². The van der Waals surface area contributed by atoms with Crippen LogP contribution in [0.25, 0.3) is 0 Å². The zero-order chi connectivity index (χ0) is 13.5. The lowest BCUT2D eigenvalue weighted by Gasteiger charge is -2.21. The Morgan fingerprint density at radius 1 is 1.26 bits per heavy atom. The van der Waals surface area contributed by atoms with Crippen LogP contribution in [0.4, 0.5) is 5.82 Å². The van der Waals surface area contributed by atoms with Crippen molar-refractivity contribution in [2.75, 3.05) is 44.7 Å². The number of rotatable bonds is 7. The molecule has 0 saturated carbocycles. The van der Waals surface area contributed by atoms with E-state index in [4.69, 9.17) is 0 Å². The van der Waals surface area contributed by atoms with E-state index in [1.165, 1.54) is 25.9 Å². The molecular weight excluding hydrogens is 238 g/mol. The second kappa shape index (κ2) is 7.40. The van der Waals surface area contributed by atoms with Crippen molar-refractivity contribution in [1.29, 1.82) is 0 Å². The Hall–Kier alpha value is -1.20. The average molecular weight is 263 g/mol. The van der Waals surface area contributed by atoms with Crippen LogP contribution in [0.1, 0.15) is 25.5 Å². The van der Waals surface area contributed by atoms with E-state index in [0.717, 1.165) is 37.7 Å². The van der Waals surface area contributed by atoms with E-state index >= 15 is 0 Å². The molecule has 0 amide bonds. The van der Waals surface area contributed by atoms with Gasteiger partial charge in [-0.2, -0.15) is 5.10 Å². The first kappa shape index (κ1) is 14.2. The van der Waals surface area contributed by atoms with Crippen molar-refractivity contribution >= 4 is 5.82 Å². The molecule has 0 aromatic carbocycles. The number of likely N-dealkylation sites (tertiary alicyclic amines) is 1. The standard InChI is InChI=1S/C14H25N5/c1-3-15-12-13-6-7-14(17-16-13)18(2)10-11-19-8-4-5-9-19/h6-7,15H,3-5,8-12H2,1-2H3.